The van der Waals surface area contributed by atoms with E-state index in [1.807, 2.05) is 0 Å². The first-order chi connectivity index (χ1) is 13.8. The van der Waals surface area contributed by atoms with E-state index in [0.717, 1.165) is 12.8 Å². The summed E-state index contributed by atoms with van der Waals surface area (Å²) in [4.78, 5) is 0. The average molecular weight is 368 g/mol. The van der Waals surface area contributed by atoms with Crippen LogP contribution < -0.4 is 0 Å². The van der Waals surface area contributed by atoms with Crippen LogP contribution in [-0.2, 0) is 6.42 Å². The molecule has 1 saturated carbocycles. The van der Waals surface area contributed by atoms with Gasteiger partial charge in [-0.2, -0.15) is 0 Å². The van der Waals surface area contributed by atoms with Gasteiger partial charge in [-0.15, -0.1) is 0 Å². The minimum absolute atomic E-state index is 0.696. The second-order valence-electron chi connectivity index (χ2n) is 8.33. The van der Waals surface area contributed by atoms with Crippen LogP contribution in [0.15, 0.2) is 66.9 Å². The van der Waals surface area contributed by atoms with Gasteiger partial charge in [0.25, 0.3) is 0 Å². The van der Waals surface area contributed by atoms with Crippen LogP contribution in [0.3, 0.4) is 0 Å². The van der Waals surface area contributed by atoms with Crippen LogP contribution in [0.4, 0.5) is 0 Å². The molecule has 0 aliphatic heterocycles. The van der Waals surface area contributed by atoms with Gasteiger partial charge < -0.3 is 4.57 Å². The number of nitrogens with zero attached hydrogens (tertiary/aromatic N) is 1. The lowest BCUT2D eigenvalue weighted by molar-refractivity contribution is 0.361. The summed E-state index contributed by atoms with van der Waals surface area (Å²) in [5.41, 5.74) is 8.42. The Hall–Kier alpha value is -2.54. The van der Waals surface area contributed by atoms with E-state index < -0.39 is 0 Å². The third-order valence-electron chi connectivity index (χ3n) is 6.64. The quantitative estimate of drug-likeness (QED) is 0.448. The molecule has 1 aromatic heterocycles. The molecule has 5 rings (SSSR count). The molecule has 2 aliphatic carbocycles. The van der Waals surface area contributed by atoms with E-state index in [1.54, 1.807) is 0 Å². The standard InChI is InChI=1S/C27H29N/c1-2-20-8-6-7-11-26(20)23-13-12-21(18-23)22-14-15-27-24(19-22)16-17-28(27)25-9-4-3-5-10-25/h6-8,11,13-19,25H,2-5,9-10,12H2,1H3. The fourth-order valence-corrected chi connectivity index (χ4v) is 5.07. The Morgan fingerprint density at radius 2 is 1.82 bits per heavy atom. The van der Waals surface area contributed by atoms with E-state index in [9.17, 15) is 0 Å². The van der Waals surface area contributed by atoms with Crippen molar-refractivity contribution >= 4 is 22.0 Å². The van der Waals surface area contributed by atoms with E-state index in [4.69, 9.17) is 0 Å². The molecule has 0 saturated heterocycles. The Morgan fingerprint density at radius 3 is 2.68 bits per heavy atom. The van der Waals surface area contributed by atoms with Gasteiger partial charge in [-0.1, -0.05) is 68.7 Å². The topological polar surface area (TPSA) is 4.93 Å². The lowest BCUT2D eigenvalue weighted by Crippen LogP contribution is -2.11. The zero-order valence-electron chi connectivity index (χ0n) is 16.8. The summed E-state index contributed by atoms with van der Waals surface area (Å²) in [6, 6.07) is 18.9. The Bertz CT molecular complexity index is 1060. The predicted molar refractivity (Wildman–Crippen MR) is 120 cm³/mol. The summed E-state index contributed by atoms with van der Waals surface area (Å²) < 4.78 is 2.53. The van der Waals surface area contributed by atoms with Crippen molar-refractivity contribution in [2.24, 2.45) is 0 Å². The van der Waals surface area contributed by atoms with Crippen LogP contribution in [-0.4, -0.2) is 4.57 Å². The maximum absolute atomic E-state index is 2.53. The van der Waals surface area contributed by atoms with E-state index >= 15 is 0 Å². The van der Waals surface area contributed by atoms with Gasteiger partial charge in [0, 0.05) is 23.1 Å². The van der Waals surface area contributed by atoms with E-state index in [0.29, 0.717) is 6.04 Å². The molecule has 142 valence electrons. The number of fused-ring (bicyclic) bond motifs is 1. The minimum Gasteiger partial charge on any atom is -0.344 e. The number of benzene rings is 2. The highest BCUT2D eigenvalue weighted by atomic mass is 15.0. The lowest BCUT2D eigenvalue weighted by atomic mass is 9.95. The summed E-state index contributed by atoms with van der Waals surface area (Å²) >= 11 is 0. The van der Waals surface area contributed by atoms with Gasteiger partial charge in [0.2, 0.25) is 0 Å². The molecule has 1 fully saturated rings. The SMILES string of the molecule is CCc1ccccc1C1=CCC(c2ccc3c(ccn3C3CCCCC3)c2)=C1. The van der Waals surface area contributed by atoms with Crippen LogP contribution in [0.2, 0.25) is 0 Å². The van der Waals surface area contributed by atoms with Crippen molar-refractivity contribution in [3.8, 4) is 0 Å². The van der Waals surface area contributed by atoms with Crippen molar-refractivity contribution in [3.05, 3.63) is 83.6 Å². The highest BCUT2D eigenvalue weighted by molar-refractivity contribution is 5.92. The summed E-state index contributed by atoms with van der Waals surface area (Å²) in [6.45, 7) is 2.24. The highest BCUT2D eigenvalue weighted by Crippen LogP contribution is 2.36. The van der Waals surface area contributed by atoms with Crippen LogP contribution in [0.1, 0.15) is 68.2 Å². The molecule has 0 N–H and O–H groups in total. The third kappa shape index (κ3) is 3.13. The maximum atomic E-state index is 2.53. The average Bonchev–Trinajstić information content (AvgIpc) is 3.41. The molecular formula is C27H29N. The Kier molecular flexibility index (Phi) is 4.68. The van der Waals surface area contributed by atoms with Gasteiger partial charge in [-0.25, -0.2) is 0 Å². The first kappa shape index (κ1) is 17.6. The number of rotatable bonds is 4. The second kappa shape index (κ2) is 7.47. The van der Waals surface area contributed by atoms with E-state index in [2.05, 4.69) is 78.4 Å². The molecular weight excluding hydrogens is 338 g/mol. The minimum atomic E-state index is 0.696. The fourth-order valence-electron chi connectivity index (χ4n) is 5.07. The molecule has 1 heteroatoms. The largest absolute Gasteiger partial charge is 0.344 e. The van der Waals surface area contributed by atoms with Gasteiger partial charge >= 0.3 is 0 Å². The zero-order chi connectivity index (χ0) is 18.9. The van der Waals surface area contributed by atoms with Gasteiger partial charge in [-0.3, -0.25) is 0 Å². The Balaban J connectivity index is 1.44. The molecule has 28 heavy (non-hydrogen) atoms. The van der Waals surface area contributed by atoms with Crippen molar-refractivity contribution in [1.29, 1.82) is 0 Å². The number of hydrogen-bond donors (Lipinski definition) is 0. The van der Waals surface area contributed by atoms with Crippen molar-refractivity contribution in [1.82, 2.24) is 4.57 Å². The summed E-state index contributed by atoms with van der Waals surface area (Å²) in [5, 5.41) is 1.38. The zero-order valence-corrected chi connectivity index (χ0v) is 16.8. The molecule has 1 nitrogen and oxygen atoms in total. The summed E-state index contributed by atoms with van der Waals surface area (Å²) in [6.07, 6.45) is 16.0. The molecule has 0 spiro atoms. The van der Waals surface area contributed by atoms with Crippen LogP contribution in [0.5, 0.6) is 0 Å². The monoisotopic (exact) mass is 367 g/mol. The van der Waals surface area contributed by atoms with Crippen LogP contribution >= 0.6 is 0 Å². The summed E-state index contributed by atoms with van der Waals surface area (Å²) in [7, 11) is 0. The molecule has 0 unspecified atom stereocenters. The van der Waals surface area contributed by atoms with Crippen molar-refractivity contribution < 1.29 is 0 Å². The molecule has 3 aromatic rings. The lowest BCUT2D eigenvalue weighted by Gasteiger charge is -2.24. The fraction of sp³-hybridized carbons (Fsp3) is 0.333. The number of hydrogen-bond acceptors (Lipinski definition) is 0. The van der Waals surface area contributed by atoms with Gasteiger partial charge in [0.05, 0.1) is 0 Å². The van der Waals surface area contributed by atoms with Crippen molar-refractivity contribution in [3.63, 3.8) is 0 Å². The Labute approximate surface area is 168 Å². The molecule has 0 amide bonds. The molecule has 0 atom stereocenters. The van der Waals surface area contributed by atoms with E-state index in [-0.39, 0.29) is 0 Å². The van der Waals surface area contributed by atoms with E-state index in [1.165, 1.54) is 70.8 Å². The summed E-state index contributed by atoms with van der Waals surface area (Å²) in [5.74, 6) is 0. The molecule has 2 aliphatic rings. The first-order valence-corrected chi connectivity index (χ1v) is 10.9. The normalized spacial score (nSPS) is 17.8. The van der Waals surface area contributed by atoms with Crippen LogP contribution in [0.25, 0.3) is 22.0 Å². The Morgan fingerprint density at radius 1 is 0.964 bits per heavy atom. The van der Waals surface area contributed by atoms with Gasteiger partial charge in [0.1, 0.15) is 0 Å². The van der Waals surface area contributed by atoms with Crippen molar-refractivity contribution in [2.75, 3.05) is 0 Å². The van der Waals surface area contributed by atoms with Gasteiger partial charge in [-0.05, 0) is 71.7 Å². The second-order valence-corrected chi connectivity index (χ2v) is 8.33. The molecule has 2 aromatic carbocycles. The molecule has 1 heterocycles. The van der Waals surface area contributed by atoms with Crippen molar-refractivity contribution in [2.45, 2.75) is 57.9 Å². The van der Waals surface area contributed by atoms with Gasteiger partial charge in [0.15, 0.2) is 0 Å². The molecule has 0 radical (unpaired) electrons. The smallest absolute Gasteiger partial charge is 0.0483 e. The molecule has 0 bridgehead atoms. The first-order valence-electron chi connectivity index (χ1n) is 10.9. The highest BCUT2D eigenvalue weighted by Gasteiger charge is 2.18. The van der Waals surface area contributed by atoms with Crippen LogP contribution in [0, 0.1) is 0 Å². The number of aromatic nitrogens is 1. The number of aryl methyl sites for hydroxylation is 1. The predicted octanol–water partition coefficient (Wildman–Crippen LogP) is 7.58. The third-order valence-corrected chi connectivity index (χ3v) is 6.64. The number of allylic oxidation sites excluding steroid dienone is 4. The maximum Gasteiger partial charge on any atom is 0.0483 e.